The standard InChI is InChI=1S/C27H30N6O3/c1-17-24-18(2)33(21-10-6-5-7-11-21)31-25(24)26(30-29-17)32-14-8-9-19(16-32)27(34)28-20-12-13-22(35-3)23(15-20)36-4/h5-7,10-13,15,19H,8-9,14,16H2,1-4H3,(H,28,34)/t19-/m0/s1. The van der Waals surface area contributed by atoms with E-state index in [4.69, 9.17) is 14.6 Å². The third-order valence-electron chi connectivity index (χ3n) is 6.73. The minimum atomic E-state index is -0.192. The Morgan fingerprint density at radius 1 is 1.03 bits per heavy atom. The maximum Gasteiger partial charge on any atom is 0.229 e. The first-order valence-electron chi connectivity index (χ1n) is 12.1. The minimum absolute atomic E-state index is 0.0331. The number of hydrogen-bond donors (Lipinski definition) is 1. The first kappa shape index (κ1) is 23.6. The molecule has 0 unspecified atom stereocenters. The number of para-hydroxylation sites is 1. The number of ether oxygens (including phenoxy) is 2. The van der Waals surface area contributed by atoms with Crippen molar-refractivity contribution in [3.05, 3.63) is 59.9 Å². The Bertz CT molecular complexity index is 1400. The maximum absolute atomic E-state index is 13.2. The van der Waals surface area contributed by atoms with Gasteiger partial charge in [-0.1, -0.05) is 18.2 Å². The summed E-state index contributed by atoms with van der Waals surface area (Å²) in [4.78, 5) is 15.3. The van der Waals surface area contributed by atoms with E-state index >= 15 is 0 Å². The van der Waals surface area contributed by atoms with Crippen molar-refractivity contribution in [2.45, 2.75) is 26.7 Å². The molecule has 2 aromatic heterocycles. The Kier molecular flexibility index (Phi) is 6.45. The number of anilines is 2. The fourth-order valence-corrected chi connectivity index (χ4v) is 4.89. The summed E-state index contributed by atoms with van der Waals surface area (Å²) in [6, 6.07) is 15.4. The number of nitrogens with one attached hydrogen (secondary N) is 1. The van der Waals surface area contributed by atoms with Crippen molar-refractivity contribution in [1.29, 1.82) is 0 Å². The third-order valence-corrected chi connectivity index (χ3v) is 6.73. The topological polar surface area (TPSA) is 94.4 Å². The predicted octanol–water partition coefficient (Wildman–Crippen LogP) is 4.30. The molecule has 1 N–H and O–H groups in total. The van der Waals surface area contributed by atoms with Crippen LogP contribution in [0.2, 0.25) is 0 Å². The van der Waals surface area contributed by atoms with E-state index in [0.717, 1.165) is 53.2 Å². The number of nitrogens with zero attached hydrogens (tertiary/aromatic N) is 5. The van der Waals surface area contributed by atoms with Gasteiger partial charge in [-0.3, -0.25) is 4.79 Å². The Morgan fingerprint density at radius 3 is 2.56 bits per heavy atom. The molecule has 1 amide bonds. The van der Waals surface area contributed by atoms with Crippen molar-refractivity contribution in [3.8, 4) is 17.2 Å². The molecule has 2 aromatic carbocycles. The quantitative estimate of drug-likeness (QED) is 0.434. The summed E-state index contributed by atoms with van der Waals surface area (Å²) in [6.45, 7) is 5.35. The van der Waals surface area contributed by atoms with E-state index in [1.54, 1.807) is 26.4 Å². The molecule has 1 atom stereocenters. The molecule has 186 valence electrons. The van der Waals surface area contributed by atoms with E-state index in [1.807, 2.05) is 48.0 Å². The minimum Gasteiger partial charge on any atom is -0.493 e. The van der Waals surface area contributed by atoms with Crippen LogP contribution >= 0.6 is 0 Å². The monoisotopic (exact) mass is 486 g/mol. The summed E-state index contributed by atoms with van der Waals surface area (Å²) < 4.78 is 12.6. The van der Waals surface area contributed by atoms with Gasteiger partial charge in [-0.25, -0.2) is 4.68 Å². The highest BCUT2D eigenvalue weighted by Gasteiger charge is 2.29. The van der Waals surface area contributed by atoms with Gasteiger partial charge in [0.05, 0.1) is 42.6 Å². The normalized spacial score (nSPS) is 15.7. The van der Waals surface area contributed by atoms with Crippen LogP contribution in [-0.4, -0.2) is 53.2 Å². The second-order valence-electron chi connectivity index (χ2n) is 9.01. The van der Waals surface area contributed by atoms with Crippen LogP contribution in [0.4, 0.5) is 11.5 Å². The Hall–Kier alpha value is -4.14. The number of hydrogen-bond acceptors (Lipinski definition) is 7. The van der Waals surface area contributed by atoms with Crippen LogP contribution in [-0.2, 0) is 4.79 Å². The van der Waals surface area contributed by atoms with Gasteiger partial charge in [-0.15, -0.1) is 5.10 Å². The van der Waals surface area contributed by atoms with Crippen molar-refractivity contribution in [1.82, 2.24) is 20.0 Å². The van der Waals surface area contributed by atoms with Crippen molar-refractivity contribution in [2.24, 2.45) is 5.92 Å². The van der Waals surface area contributed by atoms with E-state index in [0.29, 0.717) is 23.7 Å². The van der Waals surface area contributed by atoms with Crippen LogP contribution in [0.15, 0.2) is 48.5 Å². The van der Waals surface area contributed by atoms with Gasteiger partial charge in [0.25, 0.3) is 0 Å². The number of rotatable bonds is 6. The fourth-order valence-electron chi connectivity index (χ4n) is 4.89. The molecule has 0 saturated carbocycles. The lowest BCUT2D eigenvalue weighted by Gasteiger charge is -2.32. The molecule has 1 aliphatic rings. The first-order chi connectivity index (χ1) is 17.5. The molecular formula is C27H30N6O3. The summed E-state index contributed by atoms with van der Waals surface area (Å²) in [5.74, 6) is 1.68. The maximum atomic E-state index is 13.2. The third kappa shape index (κ3) is 4.32. The summed E-state index contributed by atoms with van der Waals surface area (Å²) in [7, 11) is 3.16. The van der Waals surface area contributed by atoms with Gasteiger partial charge in [0.1, 0.15) is 5.52 Å². The average molecular weight is 487 g/mol. The van der Waals surface area contributed by atoms with Crippen molar-refractivity contribution in [2.75, 3.05) is 37.5 Å². The Balaban J connectivity index is 1.41. The van der Waals surface area contributed by atoms with Gasteiger partial charge in [0, 0.05) is 24.8 Å². The van der Waals surface area contributed by atoms with Gasteiger partial charge in [0.2, 0.25) is 5.91 Å². The van der Waals surface area contributed by atoms with Gasteiger partial charge in [-0.2, -0.15) is 10.2 Å². The van der Waals surface area contributed by atoms with Crippen LogP contribution in [0, 0.1) is 19.8 Å². The second-order valence-corrected chi connectivity index (χ2v) is 9.01. The number of methoxy groups -OCH3 is 2. The van der Waals surface area contributed by atoms with Crippen molar-refractivity contribution >= 4 is 28.3 Å². The lowest BCUT2D eigenvalue weighted by molar-refractivity contribution is -0.120. The first-order valence-corrected chi connectivity index (χ1v) is 12.1. The SMILES string of the molecule is COc1ccc(NC(=O)[C@H]2CCCN(c3nnc(C)c4c(C)n(-c5ccccc5)nc34)C2)cc1OC. The number of piperidine rings is 1. The Labute approximate surface area is 210 Å². The van der Waals surface area contributed by atoms with Crippen molar-refractivity contribution < 1.29 is 14.3 Å². The van der Waals surface area contributed by atoms with Crippen LogP contribution in [0.5, 0.6) is 11.5 Å². The van der Waals surface area contributed by atoms with Crippen molar-refractivity contribution in [3.63, 3.8) is 0 Å². The highest BCUT2D eigenvalue weighted by atomic mass is 16.5. The summed E-state index contributed by atoms with van der Waals surface area (Å²) in [5, 5.41) is 18.0. The number of amides is 1. The smallest absolute Gasteiger partial charge is 0.229 e. The summed E-state index contributed by atoms with van der Waals surface area (Å²) in [6.07, 6.45) is 1.68. The predicted molar refractivity (Wildman–Crippen MR) is 139 cm³/mol. The van der Waals surface area contributed by atoms with Crippen LogP contribution in [0.3, 0.4) is 0 Å². The number of fused-ring (bicyclic) bond motifs is 1. The van der Waals surface area contributed by atoms with Gasteiger partial charge in [-0.05, 0) is 51.0 Å². The second kappa shape index (κ2) is 9.85. The van der Waals surface area contributed by atoms with Gasteiger partial charge >= 0.3 is 0 Å². The number of aryl methyl sites for hydroxylation is 2. The molecular weight excluding hydrogens is 456 g/mol. The van der Waals surface area contributed by atoms with Gasteiger partial charge < -0.3 is 19.7 Å². The molecule has 9 nitrogen and oxygen atoms in total. The molecule has 0 bridgehead atoms. The summed E-state index contributed by atoms with van der Waals surface area (Å²) in [5.41, 5.74) is 4.33. The zero-order chi connectivity index (χ0) is 25.2. The Morgan fingerprint density at radius 2 is 1.81 bits per heavy atom. The summed E-state index contributed by atoms with van der Waals surface area (Å²) >= 11 is 0. The number of carbonyl (C=O) groups is 1. The zero-order valence-electron chi connectivity index (χ0n) is 21.0. The van der Waals surface area contributed by atoms with E-state index in [-0.39, 0.29) is 11.8 Å². The molecule has 5 rings (SSSR count). The van der Waals surface area contributed by atoms with E-state index in [2.05, 4.69) is 27.3 Å². The van der Waals surface area contributed by atoms with Gasteiger partial charge in [0.15, 0.2) is 17.3 Å². The molecule has 9 heteroatoms. The van der Waals surface area contributed by atoms with Crippen LogP contribution < -0.4 is 19.7 Å². The molecule has 0 radical (unpaired) electrons. The lowest BCUT2D eigenvalue weighted by atomic mass is 9.96. The highest BCUT2D eigenvalue weighted by Crippen LogP contribution is 2.33. The molecule has 0 spiro atoms. The van der Waals surface area contributed by atoms with Crippen LogP contribution in [0.1, 0.15) is 24.2 Å². The number of benzene rings is 2. The number of carbonyl (C=O) groups excluding carboxylic acids is 1. The highest BCUT2D eigenvalue weighted by molar-refractivity contribution is 5.95. The molecule has 4 aromatic rings. The molecule has 1 aliphatic heterocycles. The zero-order valence-corrected chi connectivity index (χ0v) is 21.0. The fraction of sp³-hybridized carbons (Fsp3) is 0.333. The molecule has 0 aliphatic carbocycles. The lowest BCUT2D eigenvalue weighted by Crippen LogP contribution is -2.41. The van der Waals surface area contributed by atoms with E-state index in [1.165, 1.54) is 0 Å². The number of aromatic nitrogens is 4. The molecule has 1 fully saturated rings. The van der Waals surface area contributed by atoms with Crippen LogP contribution in [0.25, 0.3) is 16.6 Å². The van der Waals surface area contributed by atoms with E-state index < -0.39 is 0 Å². The average Bonchev–Trinajstić information content (AvgIpc) is 3.27. The molecule has 1 saturated heterocycles. The largest absolute Gasteiger partial charge is 0.493 e. The van der Waals surface area contributed by atoms with E-state index in [9.17, 15) is 4.79 Å². The molecule has 36 heavy (non-hydrogen) atoms. The molecule has 3 heterocycles.